The van der Waals surface area contributed by atoms with E-state index in [4.69, 9.17) is 5.11 Å². The van der Waals surface area contributed by atoms with Crippen LogP contribution in [0.5, 0.6) is 0 Å². The Morgan fingerprint density at radius 3 is 2.73 bits per heavy atom. The predicted molar refractivity (Wildman–Crippen MR) is 69.8 cm³/mol. The lowest BCUT2D eigenvalue weighted by atomic mass is 10.0. The molecule has 1 aromatic rings. The molecule has 0 radical (unpaired) electrons. The summed E-state index contributed by atoms with van der Waals surface area (Å²) in [7, 11) is 0. The van der Waals surface area contributed by atoms with Gasteiger partial charge in [-0.15, -0.1) is 0 Å². The zero-order valence-corrected chi connectivity index (χ0v) is 10.9. The van der Waals surface area contributed by atoms with Crippen LogP contribution in [0.15, 0.2) is 24.3 Å². The summed E-state index contributed by atoms with van der Waals surface area (Å²) in [5.41, 5.74) is 1.38. The molecule has 0 aliphatic rings. The van der Waals surface area contributed by atoms with E-state index in [1.807, 2.05) is 12.1 Å². The van der Waals surface area contributed by atoms with Gasteiger partial charge in [0, 0.05) is 3.92 Å². The van der Waals surface area contributed by atoms with Gasteiger partial charge in [0.15, 0.2) is 0 Å². The number of alkyl halides is 1. The van der Waals surface area contributed by atoms with Crippen LogP contribution < -0.4 is 0 Å². The van der Waals surface area contributed by atoms with E-state index < -0.39 is 5.97 Å². The van der Waals surface area contributed by atoms with E-state index in [0.29, 0.717) is 9.49 Å². The number of carboxylic acid groups (broad SMARTS) is 1. The third kappa shape index (κ3) is 3.81. The summed E-state index contributed by atoms with van der Waals surface area (Å²) in [6.45, 7) is 2.15. The standard InChI is InChI=1S/C12H15IO2/c1-2-5-10(13)8-9-6-3-4-7-11(9)12(14)15/h3-4,6-7,10H,2,5,8H2,1H3,(H,14,15). The third-order valence-corrected chi connectivity index (χ3v) is 3.35. The zero-order chi connectivity index (χ0) is 11.3. The molecule has 0 heterocycles. The first-order valence-electron chi connectivity index (χ1n) is 5.10. The van der Waals surface area contributed by atoms with Crippen molar-refractivity contribution in [3.8, 4) is 0 Å². The summed E-state index contributed by atoms with van der Waals surface area (Å²) in [5, 5.41) is 9.01. The van der Waals surface area contributed by atoms with Gasteiger partial charge in [-0.05, 0) is 24.5 Å². The first kappa shape index (κ1) is 12.5. The molecule has 0 aliphatic heterocycles. The molecule has 0 aromatic heterocycles. The van der Waals surface area contributed by atoms with E-state index in [2.05, 4.69) is 29.5 Å². The lowest BCUT2D eigenvalue weighted by Gasteiger charge is -2.10. The van der Waals surface area contributed by atoms with Gasteiger partial charge in [-0.1, -0.05) is 54.1 Å². The van der Waals surface area contributed by atoms with E-state index in [1.165, 1.54) is 0 Å². The summed E-state index contributed by atoms with van der Waals surface area (Å²) < 4.78 is 0.521. The van der Waals surface area contributed by atoms with Crippen LogP contribution in [0, 0.1) is 0 Å². The highest BCUT2D eigenvalue weighted by Crippen LogP contribution is 2.18. The fourth-order valence-corrected chi connectivity index (χ4v) is 2.66. The molecule has 0 bridgehead atoms. The normalized spacial score (nSPS) is 12.4. The molecule has 0 amide bonds. The number of hydrogen-bond donors (Lipinski definition) is 1. The Bertz CT molecular complexity index is 336. The Morgan fingerprint density at radius 2 is 2.13 bits per heavy atom. The minimum Gasteiger partial charge on any atom is -0.478 e. The number of carboxylic acids is 1. The number of hydrogen-bond acceptors (Lipinski definition) is 1. The molecule has 2 nitrogen and oxygen atoms in total. The lowest BCUT2D eigenvalue weighted by Crippen LogP contribution is -2.08. The fraction of sp³-hybridized carbons (Fsp3) is 0.417. The Morgan fingerprint density at radius 1 is 1.47 bits per heavy atom. The van der Waals surface area contributed by atoms with Crippen molar-refractivity contribution in [3.05, 3.63) is 35.4 Å². The first-order chi connectivity index (χ1) is 7.15. The van der Waals surface area contributed by atoms with Gasteiger partial charge in [0.1, 0.15) is 0 Å². The minimum atomic E-state index is -0.828. The van der Waals surface area contributed by atoms with E-state index in [1.54, 1.807) is 12.1 Å². The second kappa shape index (κ2) is 6.10. The third-order valence-electron chi connectivity index (χ3n) is 2.29. The van der Waals surface area contributed by atoms with Crippen molar-refractivity contribution >= 4 is 28.6 Å². The van der Waals surface area contributed by atoms with Crippen LogP contribution in [-0.4, -0.2) is 15.0 Å². The predicted octanol–water partition coefficient (Wildman–Crippen LogP) is 3.53. The average molecular weight is 318 g/mol. The second-order valence-electron chi connectivity index (χ2n) is 3.55. The van der Waals surface area contributed by atoms with Crippen molar-refractivity contribution in [3.63, 3.8) is 0 Å². The van der Waals surface area contributed by atoms with Gasteiger partial charge in [-0.25, -0.2) is 4.79 Å². The van der Waals surface area contributed by atoms with Crippen LogP contribution in [0.25, 0.3) is 0 Å². The van der Waals surface area contributed by atoms with Gasteiger partial charge in [0.2, 0.25) is 0 Å². The second-order valence-corrected chi connectivity index (χ2v) is 5.31. The first-order valence-corrected chi connectivity index (χ1v) is 6.35. The average Bonchev–Trinajstić information content (AvgIpc) is 2.18. The number of benzene rings is 1. The monoisotopic (exact) mass is 318 g/mol. The molecule has 1 atom stereocenters. The van der Waals surface area contributed by atoms with Gasteiger partial charge in [-0.2, -0.15) is 0 Å². The molecular formula is C12H15IO2. The van der Waals surface area contributed by atoms with Gasteiger partial charge < -0.3 is 5.11 Å². The van der Waals surface area contributed by atoms with Crippen molar-refractivity contribution in [2.24, 2.45) is 0 Å². The molecule has 1 N–H and O–H groups in total. The van der Waals surface area contributed by atoms with Crippen LogP contribution in [0.2, 0.25) is 0 Å². The molecule has 0 aliphatic carbocycles. The van der Waals surface area contributed by atoms with Crippen LogP contribution in [0.1, 0.15) is 35.7 Å². The smallest absolute Gasteiger partial charge is 0.335 e. The summed E-state index contributed by atoms with van der Waals surface area (Å²) in [6.07, 6.45) is 3.12. The van der Waals surface area contributed by atoms with Crippen molar-refractivity contribution in [1.29, 1.82) is 0 Å². The molecular weight excluding hydrogens is 303 g/mol. The Labute approximate surface area is 104 Å². The molecule has 0 saturated heterocycles. The number of aromatic carboxylic acids is 1. The number of carbonyl (C=O) groups is 1. The number of halogens is 1. The van der Waals surface area contributed by atoms with E-state index in [9.17, 15) is 4.79 Å². The summed E-state index contributed by atoms with van der Waals surface area (Å²) >= 11 is 2.39. The quantitative estimate of drug-likeness (QED) is 0.666. The van der Waals surface area contributed by atoms with Crippen molar-refractivity contribution < 1.29 is 9.90 Å². The molecule has 1 rings (SSSR count). The van der Waals surface area contributed by atoms with Crippen molar-refractivity contribution in [2.45, 2.75) is 30.1 Å². The van der Waals surface area contributed by atoms with Crippen LogP contribution in [0.4, 0.5) is 0 Å². The summed E-state index contributed by atoms with van der Waals surface area (Å²) in [6, 6.07) is 7.25. The van der Waals surface area contributed by atoms with Crippen molar-refractivity contribution in [2.75, 3.05) is 0 Å². The highest BCUT2D eigenvalue weighted by molar-refractivity contribution is 14.1. The van der Waals surface area contributed by atoms with Gasteiger partial charge in [0.05, 0.1) is 5.56 Å². The molecule has 1 aromatic carbocycles. The largest absolute Gasteiger partial charge is 0.478 e. The molecule has 82 valence electrons. The van der Waals surface area contributed by atoms with Crippen LogP contribution in [0.3, 0.4) is 0 Å². The highest BCUT2D eigenvalue weighted by Gasteiger charge is 2.12. The van der Waals surface area contributed by atoms with Crippen molar-refractivity contribution in [1.82, 2.24) is 0 Å². The Balaban J connectivity index is 2.79. The molecule has 0 spiro atoms. The topological polar surface area (TPSA) is 37.3 Å². The molecule has 0 fully saturated rings. The van der Waals surface area contributed by atoms with E-state index in [-0.39, 0.29) is 0 Å². The maximum absolute atomic E-state index is 11.0. The SMILES string of the molecule is CCCC(I)Cc1ccccc1C(=O)O. The van der Waals surface area contributed by atoms with Gasteiger partial charge in [-0.3, -0.25) is 0 Å². The van der Waals surface area contributed by atoms with E-state index >= 15 is 0 Å². The van der Waals surface area contributed by atoms with E-state index in [0.717, 1.165) is 24.8 Å². The maximum Gasteiger partial charge on any atom is 0.335 e. The minimum absolute atomic E-state index is 0.440. The summed E-state index contributed by atoms with van der Waals surface area (Å²) in [5.74, 6) is -0.828. The van der Waals surface area contributed by atoms with Crippen LogP contribution >= 0.6 is 22.6 Å². The molecule has 15 heavy (non-hydrogen) atoms. The lowest BCUT2D eigenvalue weighted by molar-refractivity contribution is 0.0695. The fourth-order valence-electron chi connectivity index (χ4n) is 1.56. The zero-order valence-electron chi connectivity index (χ0n) is 8.74. The Hall–Kier alpha value is -0.580. The van der Waals surface area contributed by atoms with Crippen LogP contribution in [-0.2, 0) is 6.42 Å². The maximum atomic E-state index is 11.0. The number of rotatable bonds is 5. The summed E-state index contributed by atoms with van der Waals surface area (Å²) in [4.78, 5) is 11.0. The highest BCUT2D eigenvalue weighted by atomic mass is 127. The molecule has 0 saturated carbocycles. The molecule has 1 unspecified atom stereocenters. The Kier molecular flexibility index (Phi) is 5.08. The molecule has 3 heteroatoms. The van der Waals surface area contributed by atoms with Gasteiger partial charge >= 0.3 is 5.97 Å². The van der Waals surface area contributed by atoms with Gasteiger partial charge in [0.25, 0.3) is 0 Å².